The molecule has 110 valence electrons. The number of alkyl halides is 3. The molecular weight excluding hydrogens is 285 g/mol. The minimum Gasteiger partial charge on any atom is -0.507 e. The smallest absolute Gasteiger partial charge is 0.416 e. The van der Waals surface area contributed by atoms with Gasteiger partial charge in [-0.2, -0.15) is 13.2 Å². The Labute approximate surface area is 118 Å². The SMILES string of the molecule is O=Cc1ccc(OCc2ccc(C(F)(F)F)cc2)cc1O. The molecule has 0 heterocycles. The van der Waals surface area contributed by atoms with Crippen molar-refractivity contribution in [3.8, 4) is 11.5 Å². The highest BCUT2D eigenvalue weighted by Gasteiger charge is 2.29. The summed E-state index contributed by atoms with van der Waals surface area (Å²) in [6.45, 7) is 0.0536. The fourth-order valence-corrected chi connectivity index (χ4v) is 1.67. The highest BCUT2D eigenvalue weighted by Crippen LogP contribution is 2.29. The van der Waals surface area contributed by atoms with Gasteiger partial charge in [-0.3, -0.25) is 4.79 Å². The van der Waals surface area contributed by atoms with Gasteiger partial charge in [-0.1, -0.05) is 12.1 Å². The molecule has 2 rings (SSSR count). The first-order chi connectivity index (χ1) is 9.90. The summed E-state index contributed by atoms with van der Waals surface area (Å²) in [6, 6.07) is 8.76. The van der Waals surface area contributed by atoms with Gasteiger partial charge in [-0.25, -0.2) is 0 Å². The third-order valence-corrected chi connectivity index (χ3v) is 2.82. The van der Waals surface area contributed by atoms with Crippen molar-refractivity contribution in [1.29, 1.82) is 0 Å². The monoisotopic (exact) mass is 296 g/mol. The molecule has 0 aromatic heterocycles. The Hall–Kier alpha value is -2.50. The van der Waals surface area contributed by atoms with E-state index < -0.39 is 11.7 Å². The number of aldehydes is 1. The minimum absolute atomic E-state index is 0.0536. The number of phenolic OH excluding ortho intramolecular Hbond substituents is 1. The molecule has 0 saturated carbocycles. The fourth-order valence-electron chi connectivity index (χ4n) is 1.67. The number of hydrogen-bond donors (Lipinski definition) is 1. The zero-order chi connectivity index (χ0) is 15.5. The van der Waals surface area contributed by atoms with Crippen molar-refractivity contribution in [3.63, 3.8) is 0 Å². The predicted octanol–water partition coefficient (Wildman–Crippen LogP) is 3.80. The second-order valence-electron chi connectivity index (χ2n) is 4.32. The zero-order valence-electron chi connectivity index (χ0n) is 10.7. The van der Waals surface area contributed by atoms with Crippen LogP contribution in [0, 0.1) is 0 Å². The lowest BCUT2D eigenvalue weighted by Crippen LogP contribution is -2.05. The molecule has 6 heteroatoms. The lowest BCUT2D eigenvalue weighted by molar-refractivity contribution is -0.137. The van der Waals surface area contributed by atoms with Gasteiger partial charge in [0.2, 0.25) is 0 Å². The third kappa shape index (κ3) is 3.75. The maximum atomic E-state index is 12.4. The second kappa shape index (κ2) is 5.87. The largest absolute Gasteiger partial charge is 0.507 e. The molecule has 0 aliphatic heterocycles. The molecule has 2 aromatic carbocycles. The van der Waals surface area contributed by atoms with Gasteiger partial charge in [-0.15, -0.1) is 0 Å². The van der Waals surface area contributed by atoms with E-state index in [0.717, 1.165) is 12.1 Å². The summed E-state index contributed by atoms with van der Waals surface area (Å²) >= 11 is 0. The number of rotatable bonds is 4. The third-order valence-electron chi connectivity index (χ3n) is 2.82. The molecule has 3 nitrogen and oxygen atoms in total. The van der Waals surface area contributed by atoms with E-state index in [-0.39, 0.29) is 17.9 Å². The van der Waals surface area contributed by atoms with Gasteiger partial charge in [0, 0.05) is 6.07 Å². The van der Waals surface area contributed by atoms with Gasteiger partial charge >= 0.3 is 6.18 Å². The molecule has 0 spiro atoms. The quantitative estimate of drug-likeness (QED) is 0.873. The van der Waals surface area contributed by atoms with E-state index >= 15 is 0 Å². The Bertz CT molecular complexity index is 634. The standard InChI is InChI=1S/C15H11F3O3/c16-15(17,18)12-4-1-10(2-5-12)9-21-13-6-3-11(8-19)14(20)7-13/h1-8,20H,9H2. The minimum atomic E-state index is -4.37. The maximum absolute atomic E-state index is 12.4. The molecule has 0 amide bonds. The Morgan fingerprint density at radius 3 is 2.29 bits per heavy atom. The lowest BCUT2D eigenvalue weighted by atomic mass is 10.1. The van der Waals surface area contributed by atoms with Gasteiger partial charge < -0.3 is 9.84 Å². The average molecular weight is 296 g/mol. The number of ether oxygens (including phenoxy) is 1. The van der Waals surface area contributed by atoms with Gasteiger partial charge in [0.15, 0.2) is 6.29 Å². The zero-order valence-corrected chi connectivity index (χ0v) is 10.7. The van der Waals surface area contributed by atoms with E-state index in [4.69, 9.17) is 4.74 Å². The van der Waals surface area contributed by atoms with Gasteiger partial charge in [-0.05, 0) is 29.8 Å². The van der Waals surface area contributed by atoms with Crippen LogP contribution in [0.15, 0.2) is 42.5 Å². The van der Waals surface area contributed by atoms with E-state index in [1.54, 1.807) is 0 Å². The van der Waals surface area contributed by atoms with Crippen LogP contribution in [0.5, 0.6) is 11.5 Å². The Morgan fingerprint density at radius 1 is 1.10 bits per heavy atom. The highest BCUT2D eigenvalue weighted by molar-refractivity contribution is 5.79. The van der Waals surface area contributed by atoms with Crippen LogP contribution in [0.1, 0.15) is 21.5 Å². The summed E-state index contributed by atoms with van der Waals surface area (Å²) < 4.78 is 42.5. The molecule has 0 fully saturated rings. The number of carbonyl (C=O) groups is 1. The Morgan fingerprint density at radius 2 is 1.76 bits per heavy atom. The van der Waals surface area contributed by atoms with Crippen molar-refractivity contribution in [1.82, 2.24) is 0 Å². The molecule has 2 aromatic rings. The topological polar surface area (TPSA) is 46.5 Å². The van der Waals surface area contributed by atoms with Crippen molar-refractivity contribution in [2.75, 3.05) is 0 Å². The van der Waals surface area contributed by atoms with E-state index in [9.17, 15) is 23.1 Å². The van der Waals surface area contributed by atoms with Crippen molar-refractivity contribution in [2.45, 2.75) is 12.8 Å². The van der Waals surface area contributed by atoms with Gasteiger partial charge in [0.25, 0.3) is 0 Å². The summed E-state index contributed by atoms with van der Waals surface area (Å²) in [6.07, 6.45) is -3.86. The second-order valence-corrected chi connectivity index (χ2v) is 4.32. The number of halogens is 3. The predicted molar refractivity (Wildman–Crippen MR) is 69.3 cm³/mol. The van der Waals surface area contributed by atoms with Gasteiger partial charge in [0.1, 0.15) is 18.1 Å². The first-order valence-corrected chi connectivity index (χ1v) is 5.97. The lowest BCUT2D eigenvalue weighted by Gasteiger charge is -2.09. The van der Waals surface area contributed by atoms with Crippen molar-refractivity contribution in [3.05, 3.63) is 59.2 Å². The number of hydrogen-bond acceptors (Lipinski definition) is 3. The van der Waals surface area contributed by atoms with Crippen molar-refractivity contribution in [2.24, 2.45) is 0 Å². The molecule has 0 bridgehead atoms. The molecule has 0 saturated heterocycles. The van der Waals surface area contributed by atoms with Crippen LogP contribution in [0.2, 0.25) is 0 Å². The molecule has 21 heavy (non-hydrogen) atoms. The van der Waals surface area contributed by atoms with Crippen LogP contribution >= 0.6 is 0 Å². The first-order valence-electron chi connectivity index (χ1n) is 5.97. The Balaban J connectivity index is 2.03. The van der Waals surface area contributed by atoms with Crippen LogP contribution in [-0.2, 0) is 12.8 Å². The van der Waals surface area contributed by atoms with Crippen LogP contribution in [-0.4, -0.2) is 11.4 Å². The molecule has 0 aliphatic carbocycles. The summed E-state index contributed by atoms with van der Waals surface area (Å²) in [5, 5.41) is 9.48. The normalized spacial score (nSPS) is 11.2. The van der Waals surface area contributed by atoms with Crippen LogP contribution in [0.25, 0.3) is 0 Å². The summed E-state index contributed by atoms with van der Waals surface area (Å²) in [4.78, 5) is 10.5. The summed E-state index contributed by atoms with van der Waals surface area (Å²) in [5.74, 6) is 0.105. The maximum Gasteiger partial charge on any atom is 0.416 e. The van der Waals surface area contributed by atoms with Crippen molar-refractivity contribution < 1.29 is 27.8 Å². The average Bonchev–Trinajstić information content (AvgIpc) is 2.45. The number of carbonyl (C=O) groups excluding carboxylic acids is 1. The van der Waals surface area contributed by atoms with E-state index in [0.29, 0.717) is 17.6 Å². The summed E-state index contributed by atoms with van der Waals surface area (Å²) in [5.41, 5.74) is -0.0296. The molecule has 0 aliphatic rings. The number of aromatic hydroxyl groups is 1. The highest BCUT2D eigenvalue weighted by atomic mass is 19.4. The molecule has 0 unspecified atom stereocenters. The van der Waals surface area contributed by atoms with Crippen LogP contribution in [0.4, 0.5) is 13.2 Å². The molecule has 0 radical (unpaired) electrons. The van der Waals surface area contributed by atoms with E-state index in [1.165, 1.54) is 30.3 Å². The molecule has 0 atom stereocenters. The van der Waals surface area contributed by atoms with Crippen molar-refractivity contribution >= 4 is 6.29 Å². The number of benzene rings is 2. The van der Waals surface area contributed by atoms with Gasteiger partial charge in [0.05, 0.1) is 11.1 Å². The van der Waals surface area contributed by atoms with Crippen LogP contribution in [0.3, 0.4) is 0 Å². The van der Waals surface area contributed by atoms with E-state index in [1.807, 2.05) is 0 Å². The molecular formula is C15H11F3O3. The Kier molecular flexibility index (Phi) is 4.16. The van der Waals surface area contributed by atoms with E-state index in [2.05, 4.69) is 0 Å². The molecule has 1 N–H and O–H groups in total. The fraction of sp³-hybridized carbons (Fsp3) is 0.133. The summed E-state index contributed by atoms with van der Waals surface area (Å²) in [7, 11) is 0. The first kappa shape index (κ1) is 14.9. The number of phenols is 1. The van der Waals surface area contributed by atoms with Crippen LogP contribution < -0.4 is 4.74 Å².